The molecule has 33 heavy (non-hydrogen) atoms. The van der Waals surface area contributed by atoms with E-state index in [2.05, 4.69) is 0 Å². The fourth-order valence-corrected chi connectivity index (χ4v) is 4.20. The highest BCUT2D eigenvalue weighted by molar-refractivity contribution is 8.18. The van der Waals surface area contributed by atoms with Crippen molar-refractivity contribution in [3.63, 3.8) is 0 Å². The Hall–Kier alpha value is -3.29. The molecule has 0 aliphatic carbocycles. The van der Waals surface area contributed by atoms with E-state index in [0.29, 0.717) is 29.4 Å². The molecule has 4 rings (SSSR count). The van der Waals surface area contributed by atoms with Crippen LogP contribution >= 0.6 is 23.4 Å². The maximum Gasteiger partial charge on any atom is 0.293 e. The molecular formula is C25H19ClFNO4S. The van der Waals surface area contributed by atoms with Crippen molar-refractivity contribution in [3.8, 4) is 11.5 Å². The molecule has 1 saturated heterocycles. The Morgan fingerprint density at radius 3 is 2.39 bits per heavy atom. The molecule has 1 aliphatic rings. The molecule has 5 nitrogen and oxygen atoms in total. The molecule has 3 aromatic carbocycles. The lowest BCUT2D eigenvalue weighted by molar-refractivity contribution is -0.123. The Labute approximate surface area is 199 Å². The summed E-state index contributed by atoms with van der Waals surface area (Å²) in [6.45, 7) is 0.720. The molecule has 0 unspecified atom stereocenters. The van der Waals surface area contributed by atoms with Gasteiger partial charge in [-0.25, -0.2) is 4.39 Å². The number of nitrogens with zero attached hydrogens (tertiary/aromatic N) is 1. The number of amides is 2. The van der Waals surface area contributed by atoms with E-state index in [9.17, 15) is 14.0 Å². The molecule has 0 saturated carbocycles. The molecule has 168 valence electrons. The maximum atomic E-state index is 13.3. The molecular weight excluding hydrogens is 465 g/mol. The molecule has 1 heterocycles. The van der Waals surface area contributed by atoms with Gasteiger partial charge in [0.05, 0.1) is 11.4 Å². The summed E-state index contributed by atoms with van der Waals surface area (Å²) < 4.78 is 24.6. The highest BCUT2D eigenvalue weighted by atomic mass is 35.5. The zero-order chi connectivity index (χ0) is 23.2. The van der Waals surface area contributed by atoms with Gasteiger partial charge in [-0.1, -0.05) is 48.0 Å². The van der Waals surface area contributed by atoms with Crippen molar-refractivity contribution in [2.24, 2.45) is 0 Å². The van der Waals surface area contributed by atoms with Crippen molar-refractivity contribution < 1.29 is 23.5 Å². The Balaban J connectivity index is 1.38. The summed E-state index contributed by atoms with van der Waals surface area (Å²) in [4.78, 5) is 26.6. The molecule has 0 N–H and O–H groups in total. The maximum absolute atomic E-state index is 13.3. The van der Waals surface area contributed by atoms with Crippen molar-refractivity contribution in [3.05, 3.63) is 99.7 Å². The second-order valence-corrected chi connectivity index (χ2v) is 8.49. The van der Waals surface area contributed by atoms with E-state index in [4.69, 9.17) is 21.1 Å². The smallest absolute Gasteiger partial charge is 0.293 e. The average Bonchev–Trinajstić information content (AvgIpc) is 3.06. The van der Waals surface area contributed by atoms with Crippen LogP contribution in [0.15, 0.2) is 77.7 Å². The monoisotopic (exact) mass is 483 g/mol. The number of imide groups is 1. The Kier molecular flexibility index (Phi) is 7.32. The second-order valence-electron chi connectivity index (χ2n) is 7.09. The predicted octanol–water partition coefficient (Wildman–Crippen LogP) is 6.17. The molecule has 0 aromatic heterocycles. The van der Waals surface area contributed by atoms with E-state index in [0.717, 1.165) is 34.0 Å². The van der Waals surface area contributed by atoms with Gasteiger partial charge >= 0.3 is 0 Å². The molecule has 2 amide bonds. The molecule has 0 spiro atoms. The number of rotatable bonds is 8. The first kappa shape index (κ1) is 22.9. The van der Waals surface area contributed by atoms with Crippen LogP contribution in [-0.4, -0.2) is 29.3 Å². The third kappa shape index (κ3) is 5.94. The number of carbonyl (C=O) groups is 2. The van der Waals surface area contributed by atoms with Crippen LogP contribution in [-0.2, 0) is 11.3 Å². The van der Waals surface area contributed by atoms with E-state index in [-0.39, 0.29) is 11.6 Å². The number of hydrogen-bond acceptors (Lipinski definition) is 5. The standard InChI is InChI=1S/C25H19ClFNO4S/c26-22-15-19(27)10-9-18(22)16-28-24(29)23(33-25(28)30)14-17-5-4-8-21(13-17)32-12-11-31-20-6-2-1-3-7-20/h1-10,13-15H,11-12,16H2/b23-14-. The van der Waals surface area contributed by atoms with Crippen LogP contribution in [0.4, 0.5) is 9.18 Å². The third-order valence-electron chi connectivity index (χ3n) is 4.74. The lowest BCUT2D eigenvalue weighted by atomic mass is 10.2. The first-order chi connectivity index (χ1) is 16.0. The Morgan fingerprint density at radius 2 is 1.64 bits per heavy atom. The highest BCUT2D eigenvalue weighted by Gasteiger charge is 2.35. The number of thioether (sulfide) groups is 1. The number of ether oxygens (including phenoxy) is 2. The molecule has 8 heteroatoms. The summed E-state index contributed by atoms with van der Waals surface area (Å²) >= 11 is 6.89. The van der Waals surface area contributed by atoms with Crippen molar-refractivity contribution in [2.45, 2.75) is 6.54 Å². The Morgan fingerprint density at radius 1 is 0.909 bits per heavy atom. The van der Waals surface area contributed by atoms with Gasteiger partial charge < -0.3 is 9.47 Å². The normalized spacial score (nSPS) is 14.7. The van der Waals surface area contributed by atoms with Crippen LogP contribution in [0.2, 0.25) is 5.02 Å². The van der Waals surface area contributed by atoms with Gasteiger partial charge in [0, 0.05) is 5.02 Å². The Bertz CT molecular complexity index is 1200. The van der Waals surface area contributed by atoms with Gasteiger partial charge in [-0.2, -0.15) is 0 Å². The van der Waals surface area contributed by atoms with Gasteiger partial charge in [0.1, 0.15) is 30.5 Å². The number of para-hydroxylation sites is 1. The zero-order valence-electron chi connectivity index (χ0n) is 17.4. The minimum Gasteiger partial charge on any atom is -0.490 e. The lowest BCUT2D eigenvalue weighted by Crippen LogP contribution is -2.27. The fraction of sp³-hybridized carbons (Fsp3) is 0.120. The SMILES string of the molecule is O=C1S/C(=C\c2cccc(OCCOc3ccccc3)c2)C(=O)N1Cc1ccc(F)cc1Cl. The summed E-state index contributed by atoms with van der Waals surface area (Å²) in [5.41, 5.74) is 1.22. The quantitative estimate of drug-likeness (QED) is 0.283. The van der Waals surface area contributed by atoms with Crippen LogP contribution in [0.25, 0.3) is 6.08 Å². The van der Waals surface area contributed by atoms with Crippen LogP contribution in [0, 0.1) is 5.82 Å². The summed E-state index contributed by atoms with van der Waals surface area (Å²) in [6.07, 6.45) is 1.64. The van der Waals surface area contributed by atoms with Crippen molar-refractivity contribution in [1.82, 2.24) is 4.90 Å². The van der Waals surface area contributed by atoms with Gasteiger partial charge in [0.2, 0.25) is 0 Å². The van der Waals surface area contributed by atoms with E-state index in [1.54, 1.807) is 12.1 Å². The van der Waals surface area contributed by atoms with E-state index in [1.165, 1.54) is 12.1 Å². The van der Waals surface area contributed by atoms with E-state index >= 15 is 0 Å². The van der Waals surface area contributed by atoms with E-state index < -0.39 is 17.0 Å². The van der Waals surface area contributed by atoms with E-state index in [1.807, 2.05) is 48.5 Å². The molecule has 1 aliphatic heterocycles. The number of halogens is 2. The second kappa shape index (κ2) is 10.6. The van der Waals surface area contributed by atoms with Gasteiger partial charge in [0.15, 0.2) is 0 Å². The van der Waals surface area contributed by atoms with Crippen molar-refractivity contribution in [2.75, 3.05) is 13.2 Å². The van der Waals surface area contributed by atoms with Crippen LogP contribution < -0.4 is 9.47 Å². The summed E-state index contributed by atoms with van der Waals surface area (Å²) in [7, 11) is 0. The number of hydrogen-bond donors (Lipinski definition) is 0. The average molecular weight is 484 g/mol. The van der Waals surface area contributed by atoms with Crippen molar-refractivity contribution >= 4 is 40.6 Å². The number of benzene rings is 3. The summed E-state index contributed by atoms with van der Waals surface area (Å²) in [5, 5.41) is -0.240. The first-order valence-corrected chi connectivity index (χ1v) is 11.3. The minimum atomic E-state index is -0.480. The van der Waals surface area contributed by atoms with Crippen LogP contribution in [0.3, 0.4) is 0 Å². The number of carbonyl (C=O) groups excluding carboxylic acids is 2. The van der Waals surface area contributed by atoms with Crippen LogP contribution in [0.5, 0.6) is 11.5 Å². The largest absolute Gasteiger partial charge is 0.490 e. The van der Waals surface area contributed by atoms with Crippen LogP contribution in [0.1, 0.15) is 11.1 Å². The third-order valence-corrected chi connectivity index (χ3v) is 6.00. The lowest BCUT2D eigenvalue weighted by Gasteiger charge is -2.13. The van der Waals surface area contributed by atoms with Gasteiger partial charge in [-0.3, -0.25) is 14.5 Å². The molecule has 0 bridgehead atoms. The van der Waals surface area contributed by atoms with Crippen molar-refractivity contribution in [1.29, 1.82) is 0 Å². The molecule has 3 aromatic rings. The summed E-state index contributed by atoms with van der Waals surface area (Å²) in [6, 6.07) is 20.5. The highest BCUT2D eigenvalue weighted by Crippen LogP contribution is 2.34. The molecule has 0 radical (unpaired) electrons. The molecule has 1 fully saturated rings. The minimum absolute atomic E-state index is 0.0221. The summed E-state index contributed by atoms with van der Waals surface area (Å²) in [5.74, 6) is 0.490. The predicted molar refractivity (Wildman–Crippen MR) is 127 cm³/mol. The zero-order valence-corrected chi connectivity index (χ0v) is 18.9. The van der Waals surface area contributed by atoms with Gasteiger partial charge in [0.25, 0.3) is 11.1 Å². The fourth-order valence-electron chi connectivity index (χ4n) is 3.14. The topological polar surface area (TPSA) is 55.8 Å². The van der Waals surface area contributed by atoms with Gasteiger partial charge in [-0.15, -0.1) is 0 Å². The van der Waals surface area contributed by atoms with Gasteiger partial charge in [-0.05, 0) is 65.4 Å². The molecule has 0 atom stereocenters. The first-order valence-electron chi connectivity index (χ1n) is 10.1.